The highest BCUT2D eigenvalue weighted by Crippen LogP contribution is 2.31. The number of hydrogen-bond acceptors (Lipinski definition) is 2. The molecule has 0 saturated heterocycles. The Bertz CT molecular complexity index is 906. The third-order valence-electron chi connectivity index (χ3n) is 5.43. The summed E-state index contributed by atoms with van der Waals surface area (Å²) in [5.41, 5.74) is 10.4. The molecule has 2 N–H and O–H groups in total. The van der Waals surface area contributed by atoms with Gasteiger partial charge in [0.2, 0.25) is 5.91 Å². The van der Waals surface area contributed by atoms with E-state index >= 15 is 0 Å². The first-order valence-electron chi connectivity index (χ1n) is 10.3. The van der Waals surface area contributed by atoms with Crippen LogP contribution in [-0.4, -0.2) is 23.4 Å². The summed E-state index contributed by atoms with van der Waals surface area (Å²) in [6.45, 7) is 6.06. The number of rotatable bonds is 9. The molecule has 3 rings (SSSR count). The van der Waals surface area contributed by atoms with Gasteiger partial charge >= 0.3 is 0 Å². The summed E-state index contributed by atoms with van der Waals surface area (Å²) in [6.07, 6.45) is 0.699. The fourth-order valence-electron chi connectivity index (χ4n) is 3.77. The monoisotopic (exact) mass is 386 g/mol. The van der Waals surface area contributed by atoms with E-state index in [0.29, 0.717) is 12.5 Å². The molecular formula is C26H30N2O. The molecule has 0 radical (unpaired) electrons. The summed E-state index contributed by atoms with van der Waals surface area (Å²) in [7, 11) is 0. The number of hydrogen-bond donors (Lipinski definition) is 1. The fourth-order valence-corrected chi connectivity index (χ4v) is 3.77. The Kier molecular flexibility index (Phi) is 7.20. The highest BCUT2D eigenvalue weighted by Gasteiger charge is 2.23. The van der Waals surface area contributed by atoms with Gasteiger partial charge < -0.3 is 5.73 Å². The molecule has 0 aromatic heterocycles. The van der Waals surface area contributed by atoms with Crippen molar-refractivity contribution in [3.8, 4) is 11.1 Å². The van der Waals surface area contributed by atoms with E-state index in [-0.39, 0.29) is 11.8 Å². The second-order valence-corrected chi connectivity index (χ2v) is 7.75. The van der Waals surface area contributed by atoms with Crippen molar-refractivity contribution >= 4 is 5.91 Å². The van der Waals surface area contributed by atoms with E-state index < -0.39 is 0 Å². The zero-order chi connectivity index (χ0) is 20.6. The van der Waals surface area contributed by atoms with Gasteiger partial charge in [0, 0.05) is 12.6 Å². The van der Waals surface area contributed by atoms with Crippen LogP contribution >= 0.6 is 0 Å². The van der Waals surface area contributed by atoms with Gasteiger partial charge in [-0.2, -0.15) is 0 Å². The van der Waals surface area contributed by atoms with E-state index in [1.165, 1.54) is 5.56 Å². The van der Waals surface area contributed by atoms with Crippen molar-refractivity contribution in [2.75, 3.05) is 6.54 Å². The topological polar surface area (TPSA) is 46.3 Å². The van der Waals surface area contributed by atoms with Crippen molar-refractivity contribution in [3.05, 3.63) is 96.1 Å². The molecule has 3 nitrogen and oxygen atoms in total. The molecule has 0 saturated carbocycles. The first-order chi connectivity index (χ1) is 14.1. The van der Waals surface area contributed by atoms with Gasteiger partial charge in [-0.05, 0) is 49.1 Å². The highest BCUT2D eigenvalue weighted by molar-refractivity contribution is 5.85. The van der Waals surface area contributed by atoms with Gasteiger partial charge in [0.1, 0.15) is 0 Å². The Morgan fingerprint density at radius 3 is 2.07 bits per heavy atom. The van der Waals surface area contributed by atoms with Crippen LogP contribution < -0.4 is 5.73 Å². The van der Waals surface area contributed by atoms with Gasteiger partial charge in [-0.3, -0.25) is 9.69 Å². The van der Waals surface area contributed by atoms with Crippen LogP contribution in [0.1, 0.15) is 37.3 Å². The maximum atomic E-state index is 12.4. The molecule has 0 aliphatic heterocycles. The molecule has 0 aliphatic carbocycles. The number of nitrogens with two attached hydrogens (primary N) is 1. The third-order valence-corrected chi connectivity index (χ3v) is 5.43. The van der Waals surface area contributed by atoms with Crippen LogP contribution in [0, 0.1) is 0 Å². The predicted octanol–water partition coefficient (Wildman–Crippen LogP) is 5.22. The molecule has 0 fully saturated rings. The first kappa shape index (κ1) is 20.8. The molecule has 3 aromatic rings. The molecule has 29 heavy (non-hydrogen) atoms. The normalized spacial score (nSPS) is 12.3. The minimum absolute atomic E-state index is 0.267. The molecule has 3 heteroatoms. The average Bonchev–Trinajstić information content (AvgIpc) is 2.74. The van der Waals surface area contributed by atoms with Crippen molar-refractivity contribution in [1.82, 2.24) is 4.90 Å². The van der Waals surface area contributed by atoms with Crippen molar-refractivity contribution in [2.24, 2.45) is 5.73 Å². The molecule has 3 aromatic carbocycles. The summed E-state index contributed by atoms with van der Waals surface area (Å²) < 4.78 is 0. The smallest absolute Gasteiger partial charge is 0.225 e. The zero-order valence-corrected chi connectivity index (χ0v) is 17.3. The summed E-state index contributed by atoms with van der Waals surface area (Å²) in [6, 6.07) is 29.1. The molecule has 150 valence electrons. The quantitative estimate of drug-likeness (QED) is 0.548. The maximum Gasteiger partial charge on any atom is 0.225 e. The van der Waals surface area contributed by atoms with Crippen molar-refractivity contribution < 1.29 is 4.79 Å². The summed E-state index contributed by atoms with van der Waals surface area (Å²) in [4.78, 5) is 14.8. The lowest BCUT2D eigenvalue weighted by atomic mass is 9.88. The molecule has 0 heterocycles. The third kappa shape index (κ3) is 5.55. The predicted molar refractivity (Wildman–Crippen MR) is 120 cm³/mol. The lowest BCUT2D eigenvalue weighted by Crippen LogP contribution is -2.34. The molecule has 0 aliphatic rings. The van der Waals surface area contributed by atoms with Crippen LogP contribution in [0.2, 0.25) is 0 Å². The SMILES string of the molecule is CC(C)N(CCC(C(N)=O)c1ccccc1-c1ccccc1)Cc1ccccc1. The number of benzene rings is 3. The van der Waals surface area contributed by atoms with Crippen LogP contribution in [0.3, 0.4) is 0 Å². The summed E-state index contributed by atoms with van der Waals surface area (Å²) in [5.74, 6) is -0.583. The molecule has 0 spiro atoms. The van der Waals surface area contributed by atoms with E-state index in [4.69, 9.17) is 5.73 Å². The van der Waals surface area contributed by atoms with E-state index in [0.717, 1.165) is 29.8 Å². The highest BCUT2D eigenvalue weighted by atomic mass is 16.1. The summed E-state index contributed by atoms with van der Waals surface area (Å²) >= 11 is 0. The van der Waals surface area contributed by atoms with E-state index in [1.807, 2.05) is 42.5 Å². The van der Waals surface area contributed by atoms with Crippen LogP contribution in [0.5, 0.6) is 0 Å². The first-order valence-corrected chi connectivity index (χ1v) is 10.3. The molecule has 1 atom stereocenters. The van der Waals surface area contributed by atoms with Crippen LogP contribution in [0.4, 0.5) is 0 Å². The van der Waals surface area contributed by atoms with Gasteiger partial charge in [0.25, 0.3) is 0 Å². The number of carbonyl (C=O) groups is 1. The van der Waals surface area contributed by atoms with Crippen molar-refractivity contribution in [1.29, 1.82) is 0 Å². The Morgan fingerprint density at radius 1 is 0.862 bits per heavy atom. The van der Waals surface area contributed by atoms with Crippen LogP contribution in [0.15, 0.2) is 84.9 Å². The van der Waals surface area contributed by atoms with E-state index in [2.05, 4.69) is 61.2 Å². The number of primary amides is 1. The number of carbonyl (C=O) groups excluding carboxylic acids is 1. The number of nitrogens with zero attached hydrogens (tertiary/aromatic N) is 1. The Balaban J connectivity index is 1.81. The molecular weight excluding hydrogens is 356 g/mol. The van der Waals surface area contributed by atoms with E-state index in [1.54, 1.807) is 0 Å². The number of amides is 1. The van der Waals surface area contributed by atoms with Gasteiger partial charge in [-0.1, -0.05) is 84.9 Å². The largest absolute Gasteiger partial charge is 0.369 e. The lowest BCUT2D eigenvalue weighted by molar-refractivity contribution is -0.119. The second-order valence-electron chi connectivity index (χ2n) is 7.75. The Hall–Kier alpha value is -2.91. The van der Waals surface area contributed by atoms with Crippen LogP contribution in [-0.2, 0) is 11.3 Å². The van der Waals surface area contributed by atoms with E-state index in [9.17, 15) is 4.79 Å². The zero-order valence-electron chi connectivity index (χ0n) is 17.3. The van der Waals surface area contributed by atoms with Crippen LogP contribution in [0.25, 0.3) is 11.1 Å². The minimum atomic E-state index is -0.316. The second kappa shape index (κ2) is 10.0. The summed E-state index contributed by atoms with van der Waals surface area (Å²) in [5, 5.41) is 0. The van der Waals surface area contributed by atoms with Crippen molar-refractivity contribution in [3.63, 3.8) is 0 Å². The van der Waals surface area contributed by atoms with Gasteiger partial charge in [-0.25, -0.2) is 0 Å². The molecule has 1 unspecified atom stereocenters. The minimum Gasteiger partial charge on any atom is -0.369 e. The van der Waals surface area contributed by atoms with Gasteiger partial charge in [-0.15, -0.1) is 0 Å². The van der Waals surface area contributed by atoms with Gasteiger partial charge in [0.15, 0.2) is 0 Å². The maximum absolute atomic E-state index is 12.4. The molecule has 1 amide bonds. The van der Waals surface area contributed by atoms with Crippen molar-refractivity contribution in [2.45, 2.75) is 38.8 Å². The Labute approximate surface area is 174 Å². The standard InChI is InChI=1S/C26H30N2O/c1-20(2)28(19-21-11-5-3-6-12-21)18-17-25(26(27)29)24-16-10-9-15-23(24)22-13-7-4-8-14-22/h3-16,20,25H,17-19H2,1-2H3,(H2,27,29). The Morgan fingerprint density at radius 2 is 1.45 bits per heavy atom. The molecule has 0 bridgehead atoms. The lowest BCUT2D eigenvalue weighted by Gasteiger charge is -2.28. The fraction of sp³-hybridized carbons (Fsp3) is 0.269. The average molecular weight is 387 g/mol. The van der Waals surface area contributed by atoms with Gasteiger partial charge in [0.05, 0.1) is 5.92 Å².